The summed E-state index contributed by atoms with van der Waals surface area (Å²) in [4.78, 5) is 35.5. The molecule has 92 valence electrons. The summed E-state index contributed by atoms with van der Waals surface area (Å²) >= 11 is 0. The van der Waals surface area contributed by atoms with Gasteiger partial charge in [0.2, 0.25) is 11.8 Å². The van der Waals surface area contributed by atoms with Crippen molar-refractivity contribution in [2.45, 2.75) is 6.42 Å². The maximum Gasteiger partial charge on any atom is 0.339 e. The van der Waals surface area contributed by atoms with Gasteiger partial charge in [-0.2, -0.15) is 0 Å². The topological polar surface area (TPSA) is 94.9 Å². The van der Waals surface area contributed by atoms with Crippen LogP contribution >= 0.6 is 0 Å². The molecule has 1 aromatic carbocycles. The maximum absolute atomic E-state index is 11.8. The van der Waals surface area contributed by atoms with Gasteiger partial charge < -0.3 is 10.2 Å². The van der Waals surface area contributed by atoms with E-state index < -0.39 is 11.7 Å². The molecule has 1 heterocycles. The summed E-state index contributed by atoms with van der Waals surface area (Å²) in [5.74, 6) is -2.74. The molecule has 2 atom stereocenters. The highest BCUT2D eigenvalue weighted by molar-refractivity contribution is 6.25. The number of aromatic carboxylic acids is 1. The number of benzene rings is 1. The Bertz CT molecular complexity index is 574. The molecule has 2 aliphatic rings. The van der Waals surface area contributed by atoms with E-state index in [-0.39, 0.29) is 34.9 Å². The molecule has 1 aromatic rings. The third kappa shape index (κ3) is 1.32. The van der Waals surface area contributed by atoms with Gasteiger partial charge in [0, 0.05) is 0 Å². The summed E-state index contributed by atoms with van der Waals surface area (Å²) in [7, 11) is 0. The highest BCUT2D eigenvalue weighted by atomic mass is 16.4. The van der Waals surface area contributed by atoms with Crippen LogP contribution in [0, 0.1) is 11.8 Å². The smallest absolute Gasteiger partial charge is 0.339 e. The number of carboxylic acids is 1. The molecule has 1 saturated carbocycles. The molecule has 2 N–H and O–H groups in total. The van der Waals surface area contributed by atoms with Gasteiger partial charge in [0.15, 0.2) is 0 Å². The Morgan fingerprint density at radius 2 is 1.83 bits per heavy atom. The molecule has 3 rings (SSSR count). The maximum atomic E-state index is 11.8. The SMILES string of the molecule is O=C(O)c1cc(N2C(=O)C3CC3C2=O)ccc1O. The third-order valence-corrected chi connectivity index (χ3v) is 3.33. The third-order valence-electron chi connectivity index (χ3n) is 3.33. The molecule has 0 radical (unpaired) electrons. The van der Waals surface area contributed by atoms with Crippen LogP contribution in [0.15, 0.2) is 18.2 Å². The Morgan fingerprint density at radius 1 is 1.22 bits per heavy atom. The first-order valence-electron chi connectivity index (χ1n) is 5.45. The van der Waals surface area contributed by atoms with Crippen LogP contribution in [0.4, 0.5) is 5.69 Å². The Labute approximate surface area is 101 Å². The molecule has 18 heavy (non-hydrogen) atoms. The minimum absolute atomic E-state index is 0.201. The first-order chi connectivity index (χ1) is 8.50. The zero-order chi connectivity index (χ0) is 13.0. The van der Waals surface area contributed by atoms with Gasteiger partial charge in [0.05, 0.1) is 17.5 Å². The van der Waals surface area contributed by atoms with Gasteiger partial charge in [-0.05, 0) is 24.6 Å². The zero-order valence-corrected chi connectivity index (χ0v) is 9.16. The lowest BCUT2D eigenvalue weighted by atomic mass is 10.1. The van der Waals surface area contributed by atoms with Gasteiger partial charge in [-0.25, -0.2) is 4.79 Å². The number of fused-ring (bicyclic) bond motifs is 1. The molecule has 0 bridgehead atoms. The fraction of sp³-hybridized carbons (Fsp3) is 0.250. The average molecular weight is 247 g/mol. The fourth-order valence-electron chi connectivity index (χ4n) is 2.27. The Kier molecular flexibility index (Phi) is 1.98. The second-order valence-electron chi connectivity index (χ2n) is 4.47. The van der Waals surface area contributed by atoms with Gasteiger partial charge in [-0.1, -0.05) is 0 Å². The number of phenols is 1. The number of nitrogens with zero attached hydrogens (tertiary/aromatic N) is 1. The van der Waals surface area contributed by atoms with Gasteiger partial charge in [-0.3, -0.25) is 14.5 Å². The number of hydrogen-bond acceptors (Lipinski definition) is 4. The van der Waals surface area contributed by atoms with Crippen LogP contribution in [0.2, 0.25) is 0 Å². The van der Waals surface area contributed by atoms with Gasteiger partial charge in [0.25, 0.3) is 0 Å². The molecule has 2 fully saturated rings. The first kappa shape index (κ1) is 10.8. The van der Waals surface area contributed by atoms with Crippen molar-refractivity contribution in [1.82, 2.24) is 0 Å². The van der Waals surface area contributed by atoms with Crippen molar-refractivity contribution in [1.29, 1.82) is 0 Å². The second-order valence-corrected chi connectivity index (χ2v) is 4.47. The number of carbonyl (C=O) groups is 3. The lowest BCUT2D eigenvalue weighted by Gasteiger charge is -2.17. The average Bonchev–Trinajstić information content (AvgIpc) is 3.06. The number of rotatable bonds is 2. The number of anilines is 1. The first-order valence-corrected chi connectivity index (χ1v) is 5.45. The van der Waals surface area contributed by atoms with Crippen LogP contribution in [0.1, 0.15) is 16.8 Å². The van der Waals surface area contributed by atoms with Crippen LogP contribution in [0.5, 0.6) is 5.75 Å². The van der Waals surface area contributed by atoms with E-state index in [0.29, 0.717) is 6.42 Å². The summed E-state index contributed by atoms with van der Waals surface area (Å²) in [5.41, 5.74) is -0.124. The quantitative estimate of drug-likeness (QED) is 0.746. The summed E-state index contributed by atoms with van der Waals surface area (Å²) in [6.45, 7) is 0. The largest absolute Gasteiger partial charge is 0.507 e. The van der Waals surface area contributed by atoms with E-state index in [4.69, 9.17) is 5.11 Å². The Balaban J connectivity index is 2.03. The van der Waals surface area contributed by atoms with Crippen LogP contribution in [-0.2, 0) is 9.59 Å². The van der Waals surface area contributed by atoms with Crippen LogP contribution < -0.4 is 4.90 Å². The van der Waals surface area contributed by atoms with Gasteiger partial charge in [-0.15, -0.1) is 0 Å². The number of carbonyl (C=O) groups excluding carboxylic acids is 2. The number of carboxylic acid groups (broad SMARTS) is 1. The van der Waals surface area contributed by atoms with E-state index in [1.165, 1.54) is 12.1 Å². The van der Waals surface area contributed by atoms with E-state index in [2.05, 4.69) is 0 Å². The van der Waals surface area contributed by atoms with Crippen molar-refractivity contribution in [3.8, 4) is 5.75 Å². The summed E-state index contributed by atoms with van der Waals surface area (Å²) in [6.07, 6.45) is 0.595. The number of piperidine rings is 1. The number of hydrogen-bond donors (Lipinski definition) is 2. The monoisotopic (exact) mass is 247 g/mol. The van der Waals surface area contributed by atoms with E-state index in [1.54, 1.807) is 0 Å². The Hall–Kier alpha value is -2.37. The van der Waals surface area contributed by atoms with Crippen LogP contribution in [0.25, 0.3) is 0 Å². The standard InChI is InChI=1S/C12H9NO5/c14-9-2-1-5(3-8(9)12(17)18)13-10(15)6-4-7(6)11(13)16/h1-3,6-7,14H,4H2,(H,17,18). The van der Waals surface area contributed by atoms with E-state index in [9.17, 15) is 19.5 Å². The summed E-state index contributed by atoms with van der Waals surface area (Å²) in [6, 6.07) is 3.67. The normalized spacial score (nSPS) is 25.2. The van der Waals surface area contributed by atoms with E-state index in [0.717, 1.165) is 11.0 Å². The second kappa shape index (κ2) is 3.32. The van der Waals surface area contributed by atoms with E-state index >= 15 is 0 Å². The van der Waals surface area contributed by atoms with Crippen molar-refractivity contribution < 1.29 is 24.6 Å². The predicted octanol–water partition coefficient (Wildman–Crippen LogP) is 0.600. The van der Waals surface area contributed by atoms with Crippen LogP contribution in [0.3, 0.4) is 0 Å². The van der Waals surface area contributed by atoms with Crippen molar-refractivity contribution in [3.05, 3.63) is 23.8 Å². The molecule has 0 aromatic heterocycles. The van der Waals surface area contributed by atoms with Crippen molar-refractivity contribution in [2.24, 2.45) is 11.8 Å². The summed E-state index contributed by atoms with van der Waals surface area (Å²) < 4.78 is 0. The molecular weight excluding hydrogens is 238 g/mol. The molecule has 1 aliphatic carbocycles. The fourth-order valence-corrected chi connectivity index (χ4v) is 2.27. The highest BCUT2D eigenvalue weighted by Crippen LogP contribution is 2.48. The van der Waals surface area contributed by atoms with Gasteiger partial charge >= 0.3 is 5.97 Å². The molecule has 2 amide bonds. The lowest BCUT2D eigenvalue weighted by molar-refractivity contribution is -0.123. The minimum atomic E-state index is -1.31. The molecule has 6 heteroatoms. The highest BCUT2D eigenvalue weighted by Gasteiger charge is 2.59. The van der Waals surface area contributed by atoms with Crippen LogP contribution in [-0.4, -0.2) is 28.0 Å². The molecule has 1 saturated heterocycles. The molecular formula is C12H9NO5. The zero-order valence-electron chi connectivity index (χ0n) is 9.16. The predicted molar refractivity (Wildman–Crippen MR) is 59.2 cm³/mol. The van der Waals surface area contributed by atoms with Crippen molar-refractivity contribution >= 4 is 23.5 Å². The Morgan fingerprint density at radius 3 is 2.39 bits per heavy atom. The molecule has 2 unspecified atom stereocenters. The number of imide groups is 1. The lowest BCUT2D eigenvalue weighted by Crippen LogP contribution is -2.32. The van der Waals surface area contributed by atoms with Crippen molar-refractivity contribution in [2.75, 3.05) is 4.90 Å². The molecule has 0 spiro atoms. The van der Waals surface area contributed by atoms with E-state index in [1.807, 2.05) is 0 Å². The van der Waals surface area contributed by atoms with Gasteiger partial charge in [0.1, 0.15) is 11.3 Å². The number of aromatic hydroxyl groups is 1. The van der Waals surface area contributed by atoms with Crippen molar-refractivity contribution in [3.63, 3.8) is 0 Å². The molecule has 6 nitrogen and oxygen atoms in total. The minimum Gasteiger partial charge on any atom is -0.507 e. The molecule has 1 aliphatic heterocycles. The number of amides is 2. The summed E-state index contributed by atoms with van der Waals surface area (Å²) in [5, 5.41) is 18.2.